The van der Waals surface area contributed by atoms with Crippen molar-refractivity contribution in [2.45, 2.75) is 33.1 Å². The van der Waals surface area contributed by atoms with Crippen LogP contribution in [0.25, 0.3) is 0 Å². The van der Waals surface area contributed by atoms with Crippen LogP contribution in [0.1, 0.15) is 32.3 Å². The van der Waals surface area contributed by atoms with E-state index in [0.717, 1.165) is 19.3 Å². The van der Waals surface area contributed by atoms with Gasteiger partial charge in [0, 0.05) is 5.41 Å². The lowest BCUT2D eigenvalue weighted by Crippen LogP contribution is -2.30. The number of carbonyl (C=O) groups is 1. The molecule has 0 N–H and O–H groups in total. The molecule has 86 valence electrons. The molecule has 0 aliphatic heterocycles. The lowest BCUT2D eigenvalue weighted by Gasteiger charge is -2.29. The summed E-state index contributed by atoms with van der Waals surface area (Å²) in [6, 6.07) is 10.2. The smallest absolute Gasteiger partial charge is 0.136 e. The summed E-state index contributed by atoms with van der Waals surface area (Å²) in [6.45, 7) is 7.53. The van der Waals surface area contributed by atoms with E-state index in [0.29, 0.717) is 0 Å². The predicted molar refractivity (Wildman–Crippen MR) is 68.4 cm³/mol. The highest BCUT2D eigenvalue weighted by Crippen LogP contribution is 2.32. The molecule has 0 radical (unpaired) electrons. The van der Waals surface area contributed by atoms with E-state index < -0.39 is 0 Å². The number of rotatable bonds is 6. The van der Waals surface area contributed by atoms with Gasteiger partial charge in [-0.2, -0.15) is 0 Å². The summed E-state index contributed by atoms with van der Waals surface area (Å²) in [6.07, 6.45) is 4.29. The summed E-state index contributed by atoms with van der Waals surface area (Å²) < 4.78 is 0. The molecule has 0 saturated heterocycles. The first-order valence-electron chi connectivity index (χ1n) is 5.80. The van der Waals surface area contributed by atoms with Crippen LogP contribution in [-0.2, 0) is 11.2 Å². The van der Waals surface area contributed by atoms with Crippen molar-refractivity contribution in [2.75, 3.05) is 0 Å². The molecule has 1 aromatic rings. The van der Waals surface area contributed by atoms with E-state index in [9.17, 15) is 4.79 Å². The van der Waals surface area contributed by atoms with Crippen molar-refractivity contribution in [2.24, 2.45) is 5.41 Å². The van der Waals surface area contributed by atoms with Crippen molar-refractivity contribution < 1.29 is 4.79 Å². The Hall–Kier alpha value is -1.37. The Kier molecular flexibility index (Phi) is 4.48. The van der Waals surface area contributed by atoms with Crippen LogP contribution < -0.4 is 0 Å². The van der Waals surface area contributed by atoms with Crippen LogP contribution in [0.3, 0.4) is 0 Å². The fourth-order valence-electron chi connectivity index (χ4n) is 2.12. The number of Topliss-reactive ketones (excluding diaryl/α,β-unsaturated/α-hetero) is 1. The molecule has 0 bridgehead atoms. The molecule has 1 nitrogen and oxygen atoms in total. The average Bonchev–Trinajstić information content (AvgIpc) is 2.29. The minimum absolute atomic E-state index is 0.261. The summed E-state index contributed by atoms with van der Waals surface area (Å²) in [5, 5.41) is 0. The predicted octanol–water partition coefficient (Wildman–Crippen LogP) is 3.79. The minimum Gasteiger partial charge on any atom is -0.299 e. The molecule has 0 spiro atoms. The van der Waals surface area contributed by atoms with Crippen molar-refractivity contribution >= 4 is 5.78 Å². The van der Waals surface area contributed by atoms with Gasteiger partial charge in [-0.05, 0) is 31.7 Å². The molecular formula is C15H20O. The van der Waals surface area contributed by atoms with E-state index in [1.807, 2.05) is 24.3 Å². The highest BCUT2D eigenvalue weighted by Gasteiger charge is 2.32. The molecule has 0 aliphatic carbocycles. The van der Waals surface area contributed by atoms with Crippen LogP contribution in [0, 0.1) is 5.41 Å². The molecule has 0 unspecified atom stereocenters. The zero-order chi connectivity index (χ0) is 12.0. The SMILES string of the molecule is C=CC[C@@](CC)(Cc1ccccc1)C(C)=O. The molecule has 0 fully saturated rings. The van der Waals surface area contributed by atoms with Gasteiger partial charge in [-0.15, -0.1) is 6.58 Å². The maximum atomic E-state index is 11.8. The Morgan fingerprint density at radius 3 is 2.44 bits per heavy atom. The zero-order valence-corrected chi connectivity index (χ0v) is 10.2. The topological polar surface area (TPSA) is 17.1 Å². The molecule has 16 heavy (non-hydrogen) atoms. The molecule has 1 rings (SSSR count). The van der Waals surface area contributed by atoms with Crippen molar-refractivity contribution in [3.05, 3.63) is 48.6 Å². The van der Waals surface area contributed by atoms with Crippen molar-refractivity contribution in [3.63, 3.8) is 0 Å². The summed E-state index contributed by atoms with van der Waals surface area (Å²) in [5.74, 6) is 0.263. The number of carbonyl (C=O) groups excluding carboxylic acids is 1. The van der Waals surface area contributed by atoms with Gasteiger partial charge < -0.3 is 0 Å². The van der Waals surface area contributed by atoms with Crippen LogP contribution in [-0.4, -0.2) is 5.78 Å². The van der Waals surface area contributed by atoms with Gasteiger partial charge in [-0.25, -0.2) is 0 Å². The van der Waals surface area contributed by atoms with Gasteiger partial charge in [0.25, 0.3) is 0 Å². The largest absolute Gasteiger partial charge is 0.299 e. The van der Waals surface area contributed by atoms with E-state index in [-0.39, 0.29) is 11.2 Å². The quantitative estimate of drug-likeness (QED) is 0.661. The highest BCUT2D eigenvalue weighted by atomic mass is 16.1. The normalized spacial score (nSPS) is 14.1. The van der Waals surface area contributed by atoms with Crippen LogP contribution in [0.4, 0.5) is 0 Å². The molecule has 1 heteroatoms. The monoisotopic (exact) mass is 216 g/mol. The van der Waals surface area contributed by atoms with Gasteiger partial charge in [0.05, 0.1) is 0 Å². The Labute approximate surface area is 98.2 Å². The van der Waals surface area contributed by atoms with E-state index in [2.05, 4.69) is 25.6 Å². The van der Waals surface area contributed by atoms with E-state index in [4.69, 9.17) is 0 Å². The van der Waals surface area contributed by atoms with E-state index in [1.165, 1.54) is 5.56 Å². The first-order valence-corrected chi connectivity index (χ1v) is 5.80. The number of ketones is 1. The van der Waals surface area contributed by atoms with Crippen LogP contribution in [0.5, 0.6) is 0 Å². The maximum absolute atomic E-state index is 11.8. The van der Waals surface area contributed by atoms with E-state index >= 15 is 0 Å². The molecule has 1 atom stereocenters. The maximum Gasteiger partial charge on any atom is 0.136 e. The average molecular weight is 216 g/mol. The third-order valence-electron chi connectivity index (χ3n) is 3.34. The van der Waals surface area contributed by atoms with Gasteiger partial charge in [0.15, 0.2) is 0 Å². The van der Waals surface area contributed by atoms with Gasteiger partial charge in [0.1, 0.15) is 5.78 Å². The Balaban J connectivity index is 2.94. The summed E-state index contributed by atoms with van der Waals surface area (Å²) in [5.41, 5.74) is 0.963. The van der Waals surface area contributed by atoms with Gasteiger partial charge in [0.2, 0.25) is 0 Å². The standard InChI is InChI=1S/C15H20O/c1-4-11-15(5-2,13(3)16)12-14-9-7-6-8-10-14/h4,6-10H,1,5,11-12H2,2-3H3/t15-/m0/s1. The second kappa shape index (κ2) is 5.64. The summed E-state index contributed by atoms with van der Waals surface area (Å²) in [7, 11) is 0. The van der Waals surface area contributed by atoms with E-state index in [1.54, 1.807) is 6.92 Å². The third-order valence-corrected chi connectivity index (χ3v) is 3.34. The van der Waals surface area contributed by atoms with Crippen LogP contribution in [0.15, 0.2) is 43.0 Å². The first-order chi connectivity index (χ1) is 7.64. The van der Waals surface area contributed by atoms with Crippen molar-refractivity contribution in [1.82, 2.24) is 0 Å². The Bertz CT molecular complexity index is 353. The lowest BCUT2D eigenvalue weighted by atomic mass is 9.73. The van der Waals surface area contributed by atoms with Crippen LogP contribution >= 0.6 is 0 Å². The number of hydrogen-bond donors (Lipinski definition) is 0. The van der Waals surface area contributed by atoms with Gasteiger partial charge in [-0.1, -0.05) is 43.3 Å². The third kappa shape index (κ3) is 2.82. The fraction of sp³-hybridized carbons (Fsp3) is 0.400. The minimum atomic E-state index is -0.261. The molecule has 1 aromatic carbocycles. The molecule has 0 amide bonds. The Morgan fingerprint density at radius 2 is 2.00 bits per heavy atom. The highest BCUT2D eigenvalue weighted by molar-refractivity contribution is 5.82. The number of allylic oxidation sites excluding steroid dienone is 1. The Morgan fingerprint density at radius 1 is 1.38 bits per heavy atom. The molecule has 0 aromatic heterocycles. The molecule has 0 heterocycles. The molecule has 0 aliphatic rings. The van der Waals surface area contributed by atoms with Gasteiger partial charge in [-0.3, -0.25) is 4.79 Å². The van der Waals surface area contributed by atoms with Crippen molar-refractivity contribution in [1.29, 1.82) is 0 Å². The molecular weight excluding hydrogens is 196 g/mol. The summed E-state index contributed by atoms with van der Waals surface area (Å²) in [4.78, 5) is 11.8. The second-order valence-corrected chi connectivity index (χ2v) is 4.35. The van der Waals surface area contributed by atoms with Crippen LogP contribution in [0.2, 0.25) is 0 Å². The fourth-order valence-corrected chi connectivity index (χ4v) is 2.12. The molecule has 0 saturated carbocycles. The summed E-state index contributed by atoms with van der Waals surface area (Å²) >= 11 is 0. The number of hydrogen-bond acceptors (Lipinski definition) is 1. The van der Waals surface area contributed by atoms with Crippen molar-refractivity contribution in [3.8, 4) is 0 Å². The zero-order valence-electron chi connectivity index (χ0n) is 10.2. The van der Waals surface area contributed by atoms with Gasteiger partial charge >= 0.3 is 0 Å². The lowest BCUT2D eigenvalue weighted by molar-refractivity contribution is -0.126. The number of benzene rings is 1. The second-order valence-electron chi connectivity index (χ2n) is 4.35. The first kappa shape index (κ1) is 12.7.